The first-order valence-corrected chi connectivity index (χ1v) is 6.43. The molecule has 19 heavy (non-hydrogen) atoms. The molecule has 0 bridgehead atoms. The van der Waals surface area contributed by atoms with Gasteiger partial charge in [-0.3, -0.25) is 0 Å². The van der Waals surface area contributed by atoms with Crippen LogP contribution in [0.3, 0.4) is 0 Å². The molecule has 0 amide bonds. The molecule has 98 valence electrons. The number of benzene rings is 1. The molecule has 0 atom stereocenters. The highest BCUT2D eigenvalue weighted by atomic mass is 16.3. The largest absolute Gasteiger partial charge is 0.392 e. The highest BCUT2D eigenvalue weighted by molar-refractivity contribution is 5.78. The molecule has 4 heteroatoms. The van der Waals surface area contributed by atoms with E-state index in [1.807, 2.05) is 24.3 Å². The van der Waals surface area contributed by atoms with E-state index in [-0.39, 0.29) is 6.61 Å². The molecule has 0 saturated carbocycles. The van der Waals surface area contributed by atoms with Gasteiger partial charge in [0.05, 0.1) is 18.0 Å². The van der Waals surface area contributed by atoms with Crippen LogP contribution in [0.15, 0.2) is 42.6 Å². The summed E-state index contributed by atoms with van der Waals surface area (Å²) in [5, 5.41) is 9.47. The van der Waals surface area contributed by atoms with Crippen molar-refractivity contribution in [2.45, 2.75) is 6.61 Å². The van der Waals surface area contributed by atoms with Crippen LogP contribution in [-0.4, -0.2) is 30.2 Å². The maximum atomic E-state index is 9.47. The number of aromatic nitrogens is 1. The Hall–Kier alpha value is -2.07. The zero-order valence-corrected chi connectivity index (χ0v) is 11.0. The third-order valence-corrected chi connectivity index (χ3v) is 3.54. The molecule has 3 rings (SSSR count). The molecule has 1 aliphatic rings. The molecule has 0 fully saturated rings. The predicted molar refractivity (Wildman–Crippen MR) is 76.9 cm³/mol. The first kappa shape index (κ1) is 12.0. The van der Waals surface area contributed by atoms with E-state index in [1.165, 1.54) is 5.69 Å². The topological polar surface area (TPSA) is 39.6 Å². The SMILES string of the molecule is CN1CCN(c2ncccc2CO)c2ccccc21. The molecule has 1 N–H and O–H groups in total. The predicted octanol–water partition coefficient (Wildman–Crippen LogP) is 2.16. The number of hydrogen-bond donors (Lipinski definition) is 1. The van der Waals surface area contributed by atoms with Crippen molar-refractivity contribution in [3.8, 4) is 0 Å². The van der Waals surface area contributed by atoms with Crippen LogP contribution in [0.1, 0.15) is 5.56 Å². The Balaban J connectivity index is 2.10. The highest BCUT2D eigenvalue weighted by Gasteiger charge is 2.23. The number of hydrogen-bond acceptors (Lipinski definition) is 4. The lowest BCUT2D eigenvalue weighted by Gasteiger charge is -2.36. The Labute approximate surface area is 112 Å². The Morgan fingerprint density at radius 1 is 1.11 bits per heavy atom. The standard InChI is InChI=1S/C15H17N3O/c1-17-9-10-18(14-7-3-2-6-13(14)17)15-12(11-19)5-4-8-16-15/h2-8,19H,9-11H2,1H3. The van der Waals surface area contributed by atoms with E-state index in [2.05, 4.69) is 34.0 Å². The lowest BCUT2D eigenvalue weighted by atomic mass is 10.1. The third-order valence-electron chi connectivity index (χ3n) is 3.54. The molecule has 1 aliphatic heterocycles. The molecule has 1 aromatic heterocycles. The van der Waals surface area contributed by atoms with Gasteiger partial charge >= 0.3 is 0 Å². The van der Waals surface area contributed by atoms with Crippen molar-refractivity contribution < 1.29 is 5.11 Å². The van der Waals surface area contributed by atoms with Crippen molar-refractivity contribution in [1.29, 1.82) is 0 Å². The normalized spacial score (nSPS) is 14.4. The number of rotatable bonds is 2. The number of anilines is 3. The van der Waals surface area contributed by atoms with Gasteiger partial charge in [0.1, 0.15) is 5.82 Å². The summed E-state index contributed by atoms with van der Waals surface area (Å²) in [4.78, 5) is 8.87. The molecule has 0 radical (unpaired) electrons. The fraction of sp³-hybridized carbons (Fsp3) is 0.267. The summed E-state index contributed by atoms with van der Waals surface area (Å²) < 4.78 is 0. The summed E-state index contributed by atoms with van der Waals surface area (Å²) >= 11 is 0. The van der Waals surface area contributed by atoms with Crippen LogP contribution in [0.2, 0.25) is 0 Å². The molecular weight excluding hydrogens is 238 g/mol. The van der Waals surface area contributed by atoms with Gasteiger partial charge in [-0.05, 0) is 18.2 Å². The van der Waals surface area contributed by atoms with Crippen LogP contribution in [0.5, 0.6) is 0 Å². The Bertz CT molecular complexity index is 585. The van der Waals surface area contributed by atoms with Crippen LogP contribution in [0, 0.1) is 0 Å². The summed E-state index contributed by atoms with van der Waals surface area (Å²) in [6.45, 7) is 1.83. The second kappa shape index (κ2) is 4.90. The van der Waals surface area contributed by atoms with Gasteiger partial charge in [0.15, 0.2) is 0 Å². The summed E-state index contributed by atoms with van der Waals surface area (Å²) in [6, 6.07) is 12.1. The van der Waals surface area contributed by atoms with Crippen molar-refractivity contribution in [2.24, 2.45) is 0 Å². The highest BCUT2D eigenvalue weighted by Crippen LogP contribution is 2.36. The van der Waals surface area contributed by atoms with E-state index in [9.17, 15) is 5.11 Å². The van der Waals surface area contributed by atoms with Gasteiger partial charge in [-0.25, -0.2) is 4.98 Å². The van der Waals surface area contributed by atoms with Gasteiger partial charge in [0.2, 0.25) is 0 Å². The van der Waals surface area contributed by atoms with E-state index in [0.29, 0.717) is 0 Å². The van der Waals surface area contributed by atoms with E-state index < -0.39 is 0 Å². The van der Waals surface area contributed by atoms with E-state index in [0.717, 1.165) is 30.2 Å². The summed E-state index contributed by atoms with van der Waals surface area (Å²) in [6.07, 6.45) is 1.77. The minimum atomic E-state index is 0.0116. The first-order valence-electron chi connectivity index (χ1n) is 6.43. The summed E-state index contributed by atoms with van der Waals surface area (Å²) in [5.41, 5.74) is 3.20. The Morgan fingerprint density at radius 2 is 1.89 bits per heavy atom. The Kier molecular flexibility index (Phi) is 3.09. The van der Waals surface area contributed by atoms with Crippen molar-refractivity contribution in [1.82, 2.24) is 4.98 Å². The quantitative estimate of drug-likeness (QED) is 0.892. The molecular formula is C15H17N3O. The minimum Gasteiger partial charge on any atom is -0.392 e. The number of likely N-dealkylation sites (N-methyl/N-ethyl adjacent to an activating group) is 1. The van der Waals surface area contributed by atoms with E-state index >= 15 is 0 Å². The number of aliphatic hydroxyl groups excluding tert-OH is 1. The zero-order valence-electron chi connectivity index (χ0n) is 11.0. The maximum Gasteiger partial charge on any atom is 0.138 e. The van der Waals surface area contributed by atoms with Gasteiger partial charge in [0.25, 0.3) is 0 Å². The monoisotopic (exact) mass is 255 g/mol. The van der Waals surface area contributed by atoms with Crippen LogP contribution in [0.25, 0.3) is 0 Å². The number of fused-ring (bicyclic) bond motifs is 1. The fourth-order valence-electron chi connectivity index (χ4n) is 2.52. The number of para-hydroxylation sites is 2. The third kappa shape index (κ3) is 2.04. The molecule has 4 nitrogen and oxygen atoms in total. The van der Waals surface area contributed by atoms with Gasteiger partial charge in [-0.1, -0.05) is 18.2 Å². The van der Waals surface area contributed by atoms with Gasteiger partial charge in [-0.15, -0.1) is 0 Å². The van der Waals surface area contributed by atoms with Crippen LogP contribution in [0.4, 0.5) is 17.2 Å². The van der Waals surface area contributed by atoms with E-state index in [1.54, 1.807) is 6.20 Å². The van der Waals surface area contributed by atoms with E-state index in [4.69, 9.17) is 0 Å². The van der Waals surface area contributed by atoms with Crippen molar-refractivity contribution in [2.75, 3.05) is 29.9 Å². The second-order valence-corrected chi connectivity index (χ2v) is 4.71. The fourth-order valence-corrected chi connectivity index (χ4v) is 2.52. The molecule has 2 heterocycles. The van der Waals surface area contributed by atoms with Crippen molar-refractivity contribution in [3.05, 3.63) is 48.2 Å². The molecule has 1 aromatic carbocycles. The van der Waals surface area contributed by atoms with Crippen LogP contribution >= 0.6 is 0 Å². The smallest absolute Gasteiger partial charge is 0.138 e. The molecule has 0 unspecified atom stereocenters. The van der Waals surface area contributed by atoms with Crippen molar-refractivity contribution in [3.63, 3.8) is 0 Å². The number of aliphatic hydroxyl groups is 1. The minimum absolute atomic E-state index is 0.0116. The summed E-state index contributed by atoms with van der Waals surface area (Å²) in [5.74, 6) is 0.852. The van der Waals surface area contributed by atoms with Crippen molar-refractivity contribution >= 4 is 17.2 Å². The second-order valence-electron chi connectivity index (χ2n) is 4.71. The number of pyridine rings is 1. The molecule has 0 saturated heterocycles. The summed E-state index contributed by atoms with van der Waals surface area (Å²) in [7, 11) is 2.10. The molecule has 0 aliphatic carbocycles. The van der Waals surface area contributed by atoms with Gasteiger partial charge in [-0.2, -0.15) is 0 Å². The zero-order chi connectivity index (χ0) is 13.2. The molecule has 2 aromatic rings. The van der Waals surface area contributed by atoms with Gasteiger partial charge in [0, 0.05) is 31.9 Å². The first-order chi connectivity index (χ1) is 9.31. The van der Waals surface area contributed by atoms with Crippen LogP contribution < -0.4 is 9.80 Å². The Morgan fingerprint density at radius 3 is 2.68 bits per heavy atom. The average molecular weight is 255 g/mol. The van der Waals surface area contributed by atoms with Gasteiger partial charge < -0.3 is 14.9 Å². The van der Waals surface area contributed by atoms with Crippen LogP contribution in [-0.2, 0) is 6.61 Å². The lowest BCUT2D eigenvalue weighted by Crippen LogP contribution is -2.37. The lowest BCUT2D eigenvalue weighted by molar-refractivity contribution is 0.282. The molecule has 0 spiro atoms. The number of nitrogens with zero attached hydrogens (tertiary/aromatic N) is 3. The maximum absolute atomic E-state index is 9.47. The average Bonchev–Trinajstić information content (AvgIpc) is 2.48.